The van der Waals surface area contributed by atoms with Gasteiger partial charge in [-0.1, -0.05) is 48.5 Å². The van der Waals surface area contributed by atoms with Crippen LogP contribution in [-0.2, 0) is 22.4 Å². The Hall–Kier alpha value is -3.31. The first-order chi connectivity index (χ1) is 15.6. The first-order valence-electron chi connectivity index (χ1n) is 11.0. The van der Waals surface area contributed by atoms with Crippen LogP contribution in [0.5, 0.6) is 17.2 Å². The van der Waals surface area contributed by atoms with Crippen LogP contribution in [0.15, 0.2) is 72.8 Å². The molecular weight excluding hydrogens is 404 g/mol. The van der Waals surface area contributed by atoms with E-state index in [4.69, 9.17) is 14.2 Å². The van der Waals surface area contributed by atoms with Crippen LogP contribution in [0.3, 0.4) is 0 Å². The molecule has 0 aliphatic carbocycles. The molecule has 5 nitrogen and oxygen atoms in total. The number of carboxylic acid groups (broad SMARTS) is 1. The van der Waals surface area contributed by atoms with Crippen molar-refractivity contribution in [1.82, 2.24) is 0 Å². The van der Waals surface area contributed by atoms with E-state index >= 15 is 0 Å². The summed E-state index contributed by atoms with van der Waals surface area (Å²) in [6, 6.07) is 24.0. The van der Waals surface area contributed by atoms with Gasteiger partial charge in [0.05, 0.1) is 6.61 Å². The van der Waals surface area contributed by atoms with Crippen molar-refractivity contribution in [2.75, 3.05) is 13.2 Å². The predicted octanol–water partition coefficient (Wildman–Crippen LogP) is 5.62. The van der Waals surface area contributed by atoms with Gasteiger partial charge in [0.1, 0.15) is 17.2 Å². The van der Waals surface area contributed by atoms with E-state index < -0.39 is 12.1 Å². The van der Waals surface area contributed by atoms with E-state index in [-0.39, 0.29) is 0 Å². The van der Waals surface area contributed by atoms with Crippen LogP contribution in [0.25, 0.3) is 0 Å². The second-order valence-corrected chi connectivity index (χ2v) is 7.92. The van der Waals surface area contributed by atoms with Gasteiger partial charge < -0.3 is 19.3 Å². The number of benzene rings is 3. The molecule has 0 aromatic heterocycles. The molecule has 0 radical (unpaired) electrons. The molecule has 1 aliphatic heterocycles. The zero-order valence-corrected chi connectivity index (χ0v) is 18.2. The molecule has 32 heavy (non-hydrogen) atoms. The Kier molecular flexibility index (Phi) is 7.07. The highest BCUT2D eigenvalue weighted by Crippen LogP contribution is 2.40. The molecule has 1 N–H and O–H groups in total. The highest BCUT2D eigenvalue weighted by molar-refractivity contribution is 5.72. The summed E-state index contributed by atoms with van der Waals surface area (Å²) in [6.45, 7) is 2.75. The smallest absolute Gasteiger partial charge is 0.333 e. The van der Waals surface area contributed by atoms with Crippen LogP contribution >= 0.6 is 0 Å². The van der Waals surface area contributed by atoms with Crippen molar-refractivity contribution in [2.45, 2.75) is 38.2 Å². The number of fused-ring (bicyclic) bond motifs is 2. The third-order valence-electron chi connectivity index (χ3n) is 5.74. The van der Waals surface area contributed by atoms with E-state index in [1.165, 1.54) is 11.1 Å². The number of aliphatic carboxylic acids is 1. The molecule has 3 aromatic rings. The SMILES string of the molecule is CCOC(Cc1ccc(OCCC2Cc3ccccc3Oc3ccccc32)cc1)C(=O)O. The van der Waals surface area contributed by atoms with Gasteiger partial charge in [-0.3, -0.25) is 0 Å². The fraction of sp³-hybridized carbons (Fsp3) is 0.296. The van der Waals surface area contributed by atoms with E-state index in [9.17, 15) is 9.90 Å². The molecule has 5 heteroatoms. The normalized spacial score (nSPS) is 15.6. The fourth-order valence-corrected chi connectivity index (χ4v) is 4.11. The minimum Gasteiger partial charge on any atom is -0.494 e. The average molecular weight is 433 g/mol. The van der Waals surface area contributed by atoms with Gasteiger partial charge in [0.15, 0.2) is 6.10 Å². The highest BCUT2D eigenvalue weighted by atomic mass is 16.5. The zero-order chi connectivity index (χ0) is 22.3. The molecule has 2 unspecified atom stereocenters. The molecule has 166 valence electrons. The molecule has 1 heterocycles. The predicted molar refractivity (Wildman–Crippen MR) is 123 cm³/mol. The van der Waals surface area contributed by atoms with Gasteiger partial charge in [0.2, 0.25) is 0 Å². The third-order valence-corrected chi connectivity index (χ3v) is 5.74. The standard InChI is InChI=1S/C27H28O5/c1-2-30-26(27(28)29)17-19-11-13-22(14-12-19)31-16-15-20-18-21-7-3-5-9-24(21)32-25-10-6-4-8-23(20)25/h3-14,20,26H,2,15-18H2,1H3,(H,28,29). The largest absolute Gasteiger partial charge is 0.494 e. The Morgan fingerprint density at radius 1 is 1.03 bits per heavy atom. The molecule has 2 atom stereocenters. The highest BCUT2D eigenvalue weighted by Gasteiger charge is 2.23. The zero-order valence-electron chi connectivity index (χ0n) is 18.2. The summed E-state index contributed by atoms with van der Waals surface area (Å²) in [7, 11) is 0. The maximum Gasteiger partial charge on any atom is 0.333 e. The molecule has 0 spiro atoms. The van der Waals surface area contributed by atoms with Crippen molar-refractivity contribution in [2.24, 2.45) is 0 Å². The molecular formula is C27H28O5. The van der Waals surface area contributed by atoms with Gasteiger partial charge in [-0.15, -0.1) is 0 Å². The van der Waals surface area contributed by atoms with Gasteiger partial charge in [0, 0.05) is 13.0 Å². The summed E-state index contributed by atoms with van der Waals surface area (Å²) in [4.78, 5) is 11.3. The summed E-state index contributed by atoms with van der Waals surface area (Å²) in [5.74, 6) is 1.97. The van der Waals surface area contributed by atoms with E-state index in [2.05, 4.69) is 18.2 Å². The molecule has 3 aromatic carbocycles. The van der Waals surface area contributed by atoms with E-state index in [0.29, 0.717) is 25.6 Å². The topological polar surface area (TPSA) is 65.0 Å². The van der Waals surface area contributed by atoms with Crippen molar-refractivity contribution in [3.05, 3.63) is 89.5 Å². The van der Waals surface area contributed by atoms with Crippen LogP contribution in [-0.4, -0.2) is 30.4 Å². The Morgan fingerprint density at radius 3 is 2.50 bits per heavy atom. The lowest BCUT2D eigenvalue weighted by molar-refractivity contribution is -0.149. The molecule has 0 saturated heterocycles. The summed E-state index contributed by atoms with van der Waals surface area (Å²) in [5.41, 5.74) is 3.32. The number of ether oxygens (including phenoxy) is 3. The van der Waals surface area contributed by atoms with Crippen molar-refractivity contribution in [3.63, 3.8) is 0 Å². The van der Waals surface area contributed by atoms with E-state index in [1.54, 1.807) is 6.92 Å². The Morgan fingerprint density at radius 2 is 1.75 bits per heavy atom. The van der Waals surface area contributed by atoms with Gasteiger partial charge in [-0.2, -0.15) is 0 Å². The average Bonchev–Trinajstić information content (AvgIpc) is 2.96. The van der Waals surface area contributed by atoms with Gasteiger partial charge >= 0.3 is 5.97 Å². The van der Waals surface area contributed by atoms with Crippen molar-refractivity contribution < 1.29 is 24.1 Å². The van der Waals surface area contributed by atoms with E-state index in [1.807, 2.05) is 54.6 Å². The maximum atomic E-state index is 11.3. The minimum atomic E-state index is -0.943. The monoisotopic (exact) mass is 432 g/mol. The molecule has 0 bridgehead atoms. The van der Waals surface area contributed by atoms with Crippen molar-refractivity contribution in [1.29, 1.82) is 0 Å². The Bertz CT molecular complexity index is 1040. The number of hydrogen-bond acceptors (Lipinski definition) is 4. The van der Waals surface area contributed by atoms with Crippen LogP contribution in [0.4, 0.5) is 0 Å². The molecule has 4 rings (SSSR count). The van der Waals surface area contributed by atoms with Crippen molar-refractivity contribution in [3.8, 4) is 17.2 Å². The second-order valence-electron chi connectivity index (χ2n) is 7.92. The van der Waals surface area contributed by atoms with Gasteiger partial charge in [-0.05, 0) is 66.6 Å². The van der Waals surface area contributed by atoms with Crippen LogP contribution in [0.1, 0.15) is 36.0 Å². The van der Waals surface area contributed by atoms with Crippen LogP contribution in [0, 0.1) is 0 Å². The van der Waals surface area contributed by atoms with Gasteiger partial charge in [0.25, 0.3) is 0 Å². The third kappa shape index (κ3) is 5.29. The Labute approximate surface area is 188 Å². The fourth-order valence-electron chi connectivity index (χ4n) is 4.11. The molecule has 0 fully saturated rings. The van der Waals surface area contributed by atoms with Crippen LogP contribution in [0.2, 0.25) is 0 Å². The minimum absolute atomic E-state index is 0.302. The van der Waals surface area contributed by atoms with E-state index in [0.717, 1.165) is 35.7 Å². The first-order valence-corrected chi connectivity index (χ1v) is 11.0. The lowest BCUT2D eigenvalue weighted by Gasteiger charge is -2.17. The molecule has 0 amide bonds. The summed E-state index contributed by atoms with van der Waals surface area (Å²) in [5, 5.41) is 9.25. The number of para-hydroxylation sites is 2. The summed E-state index contributed by atoms with van der Waals surface area (Å²) in [6.07, 6.45) is 1.28. The lowest BCUT2D eigenvalue weighted by Crippen LogP contribution is -2.26. The number of carboxylic acids is 1. The van der Waals surface area contributed by atoms with Crippen molar-refractivity contribution >= 4 is 5.97 Å². The Balaban J connectivity index is 1.38. The lowest BCUT2D eigenvalue weighted by atomic mass is 9.89. The molecule has 0 saturated carbocycles. The first kappa shape index (κ1) is 21.9. The van der Waals surface area contributed by atoms with Crippen LogP contribution < -0.4 is 9.47 Å². The number of carbonyl (C=O) groups is 1. The van der Waals surface area contributed by atoms with Gasteiger partial charge in [-0.25, -0.2) is 4.79 Å². The quantitative estimate of drug-likeness (QED) is 0.475. The molecule has 1 aliphatic rings. The second kappa shape index (κ2) is 10.3. The number of hydrogen-bond donors (Lipinski definition) is 1. The maximum absolute atomic E-state index is 11.3. The summed E-state index contributed by atoms with van der Waals surface area (Å²) < 4.78 is 17.5. The summed E-state index contributed by atoms with van der Waals surface area (Å²) >= 11 is 0. The number of rotatable bonds is 9.